The van der Waals surface area contributed by atoms with Gasteiger partial charge in [0, 0.05) is 13.0 Å². The molecule has 1 spiro atoms. The second-order valence-electron chi connectivity index (χ2n) is 7.48. The highest BCUT2D eigenvalue weighted by Crippen LogP contribution is 2.61. The second-order valence-corrected chi connectivity index (χ2v) is 7.48. The van der Waals surface area contributed by atoms with Crippen LogP contribution in [0.1, 0.15) is 30.9 Å². The highest BCUT2D eigenvalue weighted by atomic mass is 16.5. The number of hydrogen-bond donors (Lipinski definition) is 1. The summed E-state index contributed by atoms with van der Waals surface area (Å²) in [6.45, 7) is 3.72. The number of benzene rings is 1. The predicted molar refractivity (Wildman–Crippen MR) is 91.1 cm³/mol. The normalized spacial score (nSPS) is 33.9. The van der Waals surface area contributed by atoms with E-state index in [2.05, 4.69) is 24.0 Å². The van der Waals surface area contributed by atoms with Gasteiger partial charge in [0.1, 0.15) is 0 Å². The Balaban J connectivity index is 1.92. The van der Waals surface area contributed by atoms with Crippen molar-refractivity contribution < 1.29 is 14.3 Å². The summed E-state index contributed by atoms with van der Waals surface area (Å²) in [5, 5.41) is 0. The van der Waals surface area contributed by atoms with Crippen molar-refractivity contribution in [3.05, 3.63) is 23.3 Å². The summed E-state index contributed by atoms with van der Waals surface area (Å²) < 4.78 is 11.0. The third-order valence-electron chi connectivity index (χ3n) is 6.62. The van der Waals surface area contributed by atoms with Gasteiger partial charge in [0.05, 0.1) is 19.8 Å². The molecule has 2 fully saturated rings. The molecular weight excluding hydrogens is 304 g/mol. The van der Waals surface area contributed by atoms with E-state index in [0.29, 0.717) is 30.7 Å². The molecule has 0 unspecified atom stereocenters. The summed E-state index contributed by atoms with van der Waals surface area (Å²) in [6.07, 6.45) is 2.49. The SMILES string of the molecule is COc1cc2c(cc1OC)[C@@]13C[C@H](C)[C@@H](CN)[C@@H]1CC(=O)N3CC2. The zero-order chi connectivity index (χ0) is 17.1. The van der Waals surface area contributed by atoms with Crippen LogP contribution in [0.2, 0.25) is 0 Å². The van der Waals surface area contributed by atoms with Crippen LogP contribution in [0, 0.1) is 17.8 Å². The highest BCUT2D eigenvalue weighted by molar-refractivity contribution is 5.82. The lowest BCUT2D eigenvalue weighted by Gasteiger charge is -2.45. The maximum Gasteiger partial charge on any atom is 0.223 e. The zero-order valence-corrected chi connectivity index (χ0v) is 14.7. The number of carbonyl (C=O) groups is 1. The Morgan fingerprint density at radius 1 is 1.29 bits per heavy atom. The minimum absolute atomic E-state index is 0.201. The average molecular weight is 330 g/mol. The van der Waals surface area contributed by atoms with E-state index in [9.17, 15) is 4.79 Å². The van der Waals surface area contributed by atoms with E-state index in [-0.39, 0.29) is 11.4 Å². The van der Waals surface area contributed by atoms with Gasteiger partial charge in [0.2, 0.25) is 5.91 Å². The van der Waals surface area contributed by atoms with E-state index in [1.165, 1.54) is 11.1 Å². The molecule has 1 aromatic rings. The molecule has 3 aliphatic rings. The van der Waals surface area contributed by atoms with Gasteiger partial charge in [-0.15, -0.1) is 0 Å². The maximum absolute atomic E-state index is 12.7. The smallest absolute Gasteiger partial charge is 0.223 e. The van der Waals surface area contributed by atoms with E-state index < -0.39 is 0 Å². The third kappa shape index (κ3) is 1.82. The first-order valence-corrected chi connectivity index (χ1v) is 8.82. The molecule has 0 bridgehead atoms. The van der Waals surface area contributed by atoms with Crippen molar-refractivity contribution in [1.82, 2.24) is 4.90 Å². The van der Waals surface area contributed by atoms with Gasteiger partial charge in [-0.05, 0) is 60.4 Å². The topological polar surface area (TPSA) is 64.8 Å². The quantitative estimate of drug-likeness (QED) is 0.919. The molecule has 2 aliphatic heterocycles. The Kier molecular flexibility index (Phi) is 3.53. The van der Waals surface area contributed by atoms with Gasteiger partial charge >= 0.3 is 0 Å². The molecule has 1 amide bonds. The van der Waals surface area contributed by atoms with Crippen LogP contribution in [0.5, 0.6) is 11.5 Å². The van der Waals surface area contributed by atoms with Crippen molar-refractivity contribution in [2.24, 2.45) is 23.5 Å². The summed E-state index contributed by atoms with van der Waals surface area (Å²) in [5.41, 5.74) is 8.43. The van der Waals surface area contributed by atoms with E-state index in [4.69, 9.17) is 15.2 Å². The first-order chi connectivity index (χ1) is 11.6. The Bertz CT molecular complexity index is 689. The van der Waals surface area contributed by atoms with Crippen LogP contribution in [-0.2, 0) is 16.8 Å². The van der Waals surface area contributed by atoms with Gasteiger partial charge in [-0.2, -0.15) is 0 Å². The number of nitrogens with zero attached hydrogens (tertiary/aromatic N) is 1. The fourth-order valence-corrected chi connectivity index (χ4v) is 5.63. The number of fused-ring (bicyclic) bond motifs is 1. The number of ether oxygens (including phenoxy) is 2. The molecule has 130 valence electrons. The first kappa shape index (κ1) is 15.8. The van der Waals surface area contributed by atoms with E-state index in [1.54, 1.807) is 14.2 Å². The van der Waals surface area contributed by atoms with Crippen molar-refractivity contribution in [1.29, 1.82) is 0 Å². The van der Waals surface area contributed by atoms with Gasteiger partial charge < -0.3 is 20.1 Å². The fraction of sp³-hybridized carbons (Fsp3) is 0.632. The Hall–Kier alpha value is -1.75. The van der Waals surface area contributed by atoms with Gasteiger partial charge in [-0.3, -0.25) is 4.79 Å². The molecule has 0 radical (unpaired) electrons. The Morgan fingerprint density at radius 2 is 2.00 bits per heavy atom. The number of amides is 1. The van der Waals surface area contributed by atoms with Gasteiger partial charge in [0.15, 0.2) is 11.5 Å². The Labute approximate surface area is 143 Å². The van der Waals surface area contributed by atoms with Crippen LogP contribution in [0.15, 0.2) is 12.1 Å². The lowest BCUT2D eigenvalue weighted by molar-refractivity contribution is -0.132. The standard InChI is InChI=1S/C19H26N2O3/c1-11-9-19-14-7-17(24-3)16(23-2)6-12(14)4-5-21(19)18(22)8-15(19)13(11)10-20/h6-7,11,13,15H,4-5,8-10,20H2,1-3H3/t11-,13+,15-,19-/m0/s1. The van der Waals surface area contributed by atoms with Crippen molar-refractivity contribution >= 4 is 5.91 Å². The lowest BCUT2D eigenvalue weighted by Crippen LogP contribution is -2.49. The summed E-state index contributed by atoms with van der Waals surface area (Å²) in [5.74, 6) is 3.03. The van der Waals surface area contributed by atoms with Crippen molar-refractivity contribution in [2.75, 3.05) is 27.3 Å². The van der Waals surface area contributed by atoms with E-state index in [0.717, 1.165) is 30.9 Å². The summed E-state index contributed by atoms with van der Waals surface area (Å²) in [4.78, 5) is 14.8. The second kappa shape index (κ2) is 5.38. The van der Waals surface area contributed by atoms with E-state index >= 15 is 0 Å². The summed E-state index contributed by atoms with van der Waals surface area (Å²) in [7, 11) is 3.33. The summed E-state index contributed by atoms with van der Waals surface area (Å²) >= 11 is 0. The molecule has 2 heterocycles. The van der Waals surface area contributed by atoms with Gasteiger partial charge in [-0.1, -0.05) is 6.92 Å². The van der Waals surface area contributed by atoms with Gasteiger partial charge in [0.25, 0.3) is 0 Å². The lowest BCUT2D eigenvalue weighted by atomic mass is 9.74. The minimum Gasteiger partial charge on any atom is -0.493 e. The highest BCUT2D eigenvalue weighted by Gasteiger charge is 2.63. The molecule has 24 heavy (non-hydrogen) atoms. The number of nitrogens with two attached hydrogens (primary N) is 1. The molecule has 5 nitrogen and oxygen atoms in total. The number of rotatable bonds is 3. The van der Waals surface area contributed by atoms with Crippen molar-refractivity contribution in [3.63, 3.8) is 0 Å². The van der Waals surface area contributed by atoms with Crippen LogP contribution in [0.3, 0.4) is 0 Å². The van der Waals surface area contributed by atoms with Crippen LogP contribution < -0.4 is 15.2 Å². The molecule has 1 saturated heterocycles. The summed E-state index contributed by atoms with van der Waals surface area (Å²) in [6, 6.07) is 4.21. The fourth-order valence-electron chi connectivity index (χ4n) is 5.63. The average Bonchev–Trinajstić information content (AvgIpc) is 3.01. The molecule has 1 saturated carbocycles. The van der Waals surface area contributed by atoms with Crippen LogP contribution in [0.25, 0.3) is 0 Å². The molecule has 2 N–H and O–H groups in total. The molecule has 5 heteroatoms. The van der Waals surface area contributed by atoms with Crippen molar-refractivity contribution in [3.8, 4) is 11.5 Å². The first-order valence-electron chi connectivity index (χ1n) is 8.82. The molecule has 1 aliphatic carbocycles. The predicted octanol–water partition coefficient (Wildman–Crippen LogP) is 1.92. The number of methoxy groups -OCH3 is 2. The molecule has 0 aromatic heterocycles. The van der Waals surface area contributed by atoms with Crippen LogP contribution >= 0.6 is 0 Å². The number of hydrogen-bond acceptors (Lipinski definition) is 4. The molecule has 4 rings (SSSR count). The molecular formula is C19H26N2O3. The number of carbonyl (C=O) groups excluding carboxylic acids is 1. The largest absolute Gasteiger partial charge is 0.493 e. The van der Waals surface area contributed by atoms with Crippen LogP contribution in [-0.4, -0.2) is 38.1 Å². The third-order valence-corrected chi connectivity index (χ3v) is 6.62. The van der Waals surface area contributed by atoms with Gasteiger partial charge in [-0.25, -0.2) is 0 Å². The van der Waals surface area contributed by atoms with E-state index in [1.807, 2.05) is 0 Å². The Morgan fingerprint density at radius 3 is 2.67 bits per heavy atom. The van der Waals surface area contributed by atoms with Crippen LogP contribution in [0.4, 0.5) is 0 Å². The zero-order valence-electron chi connectivity index (χ0n) is 14.7. The minimum atomic E-state index is -0.201. The maximum atomic E-state index is 12.7. The van der Waals surface area contributed by atoms with Crippen molar-refractivity contribution in [2.45, 2.75) is 31.7 Å². The molecule has 4 atom stereocenters. The monoisotopic (exact) mass is 330 g/mol. The molecule has 1 aromatic carbocycles.